The lowest BCUT2D eigenvalue weighted by atomic mass is 9.65. The van der Waals surface area contributed by atoms with Gasteiger partial charge in [-0.3, -0.25) is 4.79 Å². The van der Waals surface area contributed by atoms with Crippen LogP contribution in [0.25, 0.3) is 0 Å². The molecular formula is C16H31Cl2N3O. The quantitative estimate of drug-likeness (QED) is 0.817. The van der Waals surface area contributed by atoms with Crippen LogP contribution in [-0.4, -0.2) is 43.5 Å². The SMILES string of the molecule is CN1CCC(CNC(=O)C2CC3CCCC(C2)C3N)C1.Cl.Cl. The van der Waals surface area contributed by atoms with Crippen LogP contribution < -0.4 is 11.1 Å². The van der Waals surface area contributed by atoms with Gasteiger partial charge < -0.3 is 16.0 Å². The van der Waals surface area contributed by atoms with E-state index in [1.54, 1.807) is 0 Å². The molecule has 4 nitrogen and oxygen atoms in total. The second kappa shape index (κ2) is 8.72. The Balaban J connectivity index is 0.00000121. The minimum atomic E-state index is 0. The van der Waals surface area contributed by atoms with Crippen molar-refractivity contribution >= 4 is 30.7 Å². The third kappa shape index (κ3) is 4.50. The summed E-state index contributed by atoms with van der Waals surface area (Å²) in [6, 6.07) is 0.358. The number of halogens is 2. The summed E-state index contributed by atoms with van der Waals surface area (Å²) in [5, 5.41) is 3.21. The standard InChI is InChI=1S/C16H29N3O.2ClH/c1-19-6-5-11(10-19)9-18-16(20)14-7-12-3-2-4-13(8-14)15(12)17;;/h11-15H,2-10,17H2,1H3,(H,18,20);2*1H. The second-order valence-electron chi connectivity index (χ2n) is 7.36. The predicted octanol–water partition coefficient (Wildman–Crippen LogP) is 2.05. The summed E-state index contributed by atoms with van der Waals surface area (Å²) in [5.74, 6) is 2.36. The van der Waals surface area contributed by atoms with Crippen molar-refractivity contribution in [2.24, 2.45) is 29.4 Å². The highest BCUT2D eigenvalue weighted by Crippen LogP contribution is 2.41. The first kappa shape index (κ1) is 20.0. The Labute approximate surface area is 146 Å². The highest BCUT2D eigenvalue weighted by atomic mass is 35.5. The lowest BCUT2D eigenvalue weighted by Crippen LogP contribution is -2.49. The number of hydrogen-bond acceptors (Lipinski definition) is 3. The molecule has 2 aliphatic carbocycles. The van der Waals surface area contributed by atoms with E-state index in [9.17, 15) is 4.79 Å². The van der Waals surface area contributed by atoms with Crippen LogP contribution >= 0.6 is 24.8 Å². The molecule has 1 aliphatic heterocycles. The first-order valence-electron chi connectivity index (χ1n) is 8.35. The summed E-state index contributed by atoms with van der Waals surface area (Å²) < 4.78 is 0. The maximum Gasteiger partial charge on any atom is 0.223 e. The molecule has 130 valence electrons. The molecule has 22 heavy (non-hydrogen) atoms. The molecule has 2 bridgehead atoms. The maximum atomic E-state index is 12.4. The molecule has 0 aromatic rings. The number of likely N-dealkylation sites (tertiary alicyclic amines) is 1. The summed E-state index contributed by atoms with van der Waals surface area (Å²) in [6.45, 7) is 3.16. The van der Waals surface area contributed by atoms with Gasteiger partial charge in [0, 0.05) is 25.0 Å². The minimum Gasteiger partial charge on any atom is -0.356 e. The molecular weight excluding hydrogens is 321 g/mol. The molecule has 0 aromatic heterocycles. The van der Waals surface area contributed by atoms with Gasteiger partial charge in [0.2, 0.25) is 5.91 Å². The van der Waals surface area contributed by atoms with Gasteiger partial charge in [-0.15, -0.1) is 24.8 Å². The third-order valence-corrected chi connectivity index (χ3v) is 5.84. The van der Waals surface area contributed by atoms with Gasteiger partial charge >= 0.3 is 0 Å². The predicted molar refractivity (Wildman–Crippen MR) is 94.6 cm³/mol. The zero-order valence-corrected chi connectivity index (χ0v) is 15.1. The number of carbonyl (C=O) groups excluding carboxylic acids is 1. The molecule has 3 N–H and O–H groups in total. The van der Waals surface area contributed by atoms with Crippen LogP contribution in [0.1, 0.15) is 38.5 Å². The average Bonchev–Trinajstić information content (AvgIpc) is 2.81. The number of nitrogens with zero attached hydrogens (tertiary/aromatic N) is 1. The number of fused-ring (bicyclic) bond motifs is 2. The van der Waals surface area contributed by atoms with E-state index in [4.69, 9.17) is 5.73 Å². The van der Waals surface area contributed by atoms with Crippen LogP contribution in [0.4, 0.5) is 0 Å². The zero-order chi connectivity index (χ0) is 14.1. The van der Waals surface area contributed by atoms with Gasteiger partial charge in [-0.2, -0.15) is 0 Å². The largest absolute Gasteiger partial charge is 0.356 e. The number of amides is 1. The van der Waals surface area contributed by atoms with Crippen molar-refractivity contribution in [3.63, 3.8) is 0 Å². The van der Waals surface area contributed by atoms with E-state index >= 15 is 0 Å². The Morgan fingerprint density at radius 1 is 1.18 bits per heavy atom. The fraction of sp³-hybridized carbons (Fsp3) is 0.938. The first-order valence-corrected chi connectivity index (χ1v) is 8.35. The number of carbonyl (C=O) groups is 1. The van der Waals surface area contributed by atoms with Crippen molar-refractivity contribution in [2.45, 2.75) is 44.6 Å². The number of hydrogen-bond donors (Lipinski definition) is 2. The van der Waals surface area contributed by atoms with Crippen LogP contribution in [0.2, 0.25) is 0 Å². The van der Waals surface area contributed by atoms with Gasteiger partial charge in [0.05, 0.1) is 0 Å². The van der Waals surface area contributed by atoms with Crippen molar-refractivity contribution in [2.75, 3.05) is 26.7 Å². The van der Waals surface area contributed by atoms with E-state index < -0.39 is 0 Å². The highest BCUT2D eigenvalue weighted by molar-refractivity contribution is 5.85. The fourth-order valence-electron chi connectivity index (χ4n) is 4.59. The molecule has 0 aromatic carbocycles. The number of nitrogens with two attached hydrogens (primary N) is 1. The van der Waals surface area contributed by atoms with Gasteiger partial charge in [0.25, 0.3) is 0 Å². The van der Waals surface area contributed by atoms with Crippen molar-refractivity contribution in [3.8, 4) is 0 Å². The average molecular weight is 352 g/mol. The molecule has 3 rings (SSSR count). The summed E-state index contributed by atoms with van der Waals surface area (Å²) in [4.78, 5) is 14.8. The Morgan fingerprint density at radius 3 is 2.36 bits per heavy atom. The van der Waals surface area contributed by atoms with Crippen LogP contribution in [0, 0.1) is 23.7 Å². The Bertz CT molecular complexity index is 355. The molecule has 3 atom stereocenters. The first-order chi connectivity index (χ1) is 9.63. The monoisotopic (exact) mass is 351 g/mol. The lowest BCUT2D eigenvalue weighted by molar-refractivity contribution is -0.128. The summed E-state index contributed by atoms with van der Waals surface area (Å²) in [7, 11) is 2.16. The van der Waals surface area contributed by atoms with Crippen molar-refractivity contribution < 1.29 is 4.79 Å². The summed E-state index contributed by atoms with van der Waals surface area (Å²) >= 11 is 0. The zero-order valence-electron chi connectivity index (χ0n) is 13.5. The van der Waals surface area contributed by atoms with Gasteiger partial charge in [-0.1, -0.05) is 6.42 Å². The normalized spacial score (nSPS) is 37.8. The molecule has 1 amide bonds. The Hall–Kier alpha value is -0.0300. The molecule has 1 heterocycles. The fourth-order valence-corrected chi connectivity index (χ4v) is 4.59. The highest BCUT2D eigenvalue weighted by Gasteiger charge is 2.40. The van der Waals surface area contributed by atoms with Gasteiger partial charge in [0.15, 0.2) is 0 Å². The van der Waals surface area contributed by atoms with Crippen molar-refractivity contribution in [1.29, 1.82) is 0 Å². The van der Waals surface area contributed by atoms with Crippen LogP contribution in [0.15, 0.2) is 0 Å². The number of nitrogens with one attached hydrogen (secondary N) is 1. The van der Waals surface area contributed by atoms with E-state index in [1.807, 2.05) is 0 Å². The smallest absolute Gasteiger partial charge is 0.223 e. The molecule has 3 unspecified atom stereocenters. The van der Waals surface area contributed by atoms with Gasteiger partial charge in [-0.25, -0.2) is 0 Å². The molecule has 0 radical (unpaired) electrons. The summed E-state index contributed by atoms with van der Waals surface area (Å²) in [5.41, 5.74) is 6.30. The van der Waals surface area contributed by atoms with Crippen molar-refractivity contribution in [1.82, 2.24) is 10.2 Å². The van der Waals surface area contributed by atoms with Crippen molar-refractivity contribution in [3.05, 3.63) is 0 Å². The van der Waals surface area contributed by atoms with E-state index in [-0.39, 0.29) is 30.7 Å². The molecule has 0 spiro atoms. The summed E-state index contributed by atoms with van der Waals surface area (Å²) in [6.07, 6.45) is 7.04. The van der Waals surface area contributed by atoms with E-state index in [1.165, 1.54) is 32.2 Å². The molecule has 3 fully saturated rings. The van der Waals surface area contributed by atoms with Crippen LogP contribution in [0.5, 0.6) is 0 Å². The molecule has 3 aliphatic rings. The van der Waals surface area contributed by atoms with Gasteiger partial charge in [0.1, 0.15) is 0 Å². The number of rotatable bonds is 3. The second-order valence-corrected chi connectivity index (χ2v) is 7.36. The van der Waals surface area contributed by atoms with E-state index in [0.29, 0.717) is 29.7 Å². The van der Waals surface area contributed by atoms with E-state index in [0.717, 1.165) is 25.9 Å². The van der Waals surface area contributed by atoms with Crippen LogP contribution in [0.3, 0.4) is 0 Å². The van der Waals surface area contributed by atoms with E-state index in [2.05, 4.69) is 17.3 Å². The minimum absolute atomic E-state index is 0. The molecule has 1 saturated heterocycles. The lowest BCUT2D eigenvalue weighted by Gasteiger charge is -2.43. The Kier molecular flexibility index (Phi) is 7.93. The molecule has 2 saturated carbocycles. The van der Waals surface area contributed by atoms with Crippen LogP contribution in [-0.2, 0) is 4.79 Å². The molecule has 6 heteroatoms. The van der Waals surface area contributed by atoms with Gasteiger partial charge in [-0.05, 0) is 63.5 Å². The third-order valence-electron chi connectivity index (χ3n) is 5.84. The Morgan fingerprint density at radius 2 is 1.82 bits per heavy atom. The maximum absolute atomic E-state index is 12.4. The topological polar surface area (TPSA) is 58.4 Å².